The summed E-state index contributed by atoms with van der Waals surface area (Å²) in [5.74, 6) is 0.886. The van der Waals surface area contributed by atoms with Gasteiger partial charge in [0.15, 0.2) is 10.9 Å². The molecule has 0 saturated carbocycles. The predicted octanol–water partition coefficient (Wildman–Crippen LogP) is 3.10. The van der Waals surface area contributed by atoms with Gasteiger partial charge < -0.3 is 9.47 Å². The molecule has 6 nitrogen and oxygen atoms in total. The summed E-state index contributed by atoms with van der Waals surface area (Å²) in [6.45, 7) is 0.500. The zero-order chi connectivity index (χ0) is 14.4. The van der Waals surface area contributed by atoms with Crippen LogP contribution in [0.4, 0.5) is 5.69 Å². The van der Waals surface area contributed by atoms with Gasteiger partial charge in [-0.3, -0.25) is 10.1 Å². The molecule has 1 heterocycles. The molecule has 0 fully saturated rings. The molecule has 0 aliphatic heterocycles. The summed E-state index contributed by atoms with van der Waals surface area (Å²) >= 11 is 5.82. The number of halogens is 1. The minimum Gasteiger partial charge on any atom is -0.490 e. The molecule has 0 aliphatic rings. The highest BCUT2D eigenvalue weighted by atomic mass is 35.5. The van der Waals surface area contributed by atoms with E-state index in [-0.39, 0.29) is 24.1 Å². The SMILES string of the molecule is O=[N+]([O-])c1cccc(OCCOc2cccnc2Cl)c1. The molecule has 2 aromatic rings. The Balaban J connectivity index is 1.83. The first-order valence-electron chi connectivity index (χ1n) is 5.77. The van der Waals surface area contributed by atoms with Gasteiger partial charge in [0.2, 0.25) is 0 Å². The second-order valence-corrected chi connectivity index (χ2v) is 4.10. The number of pyridine rings is 1. The Morgan fingerprint density at radius 2 is 2.00 bits per heavy atom. The number of ether oxygens (including phenoxy) is 2. The van der Waals surface area contributed by atoms with Crippen LogP contribution in [-0.2, 0) is 0 Å². The number of nitro benzene ring substituents is 1. The van der Waals surface area contributed by atoms with E-state index in [9.17, 15) is 10.1 Å². The van der Waals surface area contributed by atoms with Crippen molar-refractivity contribution in [3.8, 4) is 11.5 Å². The lowest BCUT2D eigenvalue weighted by Crippen LogP contribution is -2.09. The first-order valence-corrected chi connectivity index (χ1v) is 6.15. The fraction of sp³-hybridized carbons (Fsp3) is 0.154. The molecule has 20 heavy (non-hydrogen) atoms. The van der Waals surface area contributed by atoms with Gasteiger partial charge in [-0.25, -0.2) is 4.98 Å². The van der Waals surface area contributed by atoms with Crippen LogP contribution in [0.2, 0.25) is 5.15 Å². The number of nitro groups is 1. The average Bonchev–Trinajstić information content (AvgIpc) is 2.45. The normalized spacial score (nSPS) is 10.1. The zero-order valence-corrected chi connectivity index (χ0v) is 11.1. The average molecular weight is 295 g/mol. The summed E-state index contributed by atoms with van der Waals surface area (Å²) in [6, 6.07) is 9.37. The van der Waals surface area contributed by atoms with E-state index in [1.54, 1.807) is 30.5 Å². The molecule has 1 aromatic carbocycles. The van der Waals surface area contributed by atoms with E-state index < -0.39 is 4.92 Å². The van der Waals surface area contributed by atoms with Gasteiger partial charge in [-0.1, -0.05) is 17.7 Å². The van der Waals surface area contributed by atoms with Gasteiger partial charge in [0.1, 0.15) is 19.0 Å². The second-order valence-electron chi connectivity index (χ2n) is 3.74. The summed E-state index contributed by atoms with van der Waals surface area (Å²) in [7, 11) is 0. The Kier molecular flexibility index (Phi) is 4.73. The Bertz CT molecular complexity index is 606. The third kappa shape index (κ3) is 3.83. The standard InChI is InChI=1S/C13H11ClN2O4/c14-13-12(5-2-6-15-13)20-8-7-19-11-4-1-3-10(9-11)16(17)18/h1-6,9H,7-8H2. The van der Waals surface area contributed by atoms with Crippen LogP contribution in [0.5, 0.6) is 11.5 Å². The monoisotopic (exact) mass is 294 g/mol. The summed E-state index contributed by atoms with van der Waals surface area (Å²) < 4.78 is 10.7. The fourth-order valence-corrected chi connectivity index (χ4v) is 1.65. The zero-order valence-electron chi connectivity index (χ0n) is 10.4. The topological polar surface area (TPSA) is 74.5 Å². The van der Waals surface area contributed by atoms with Crippen molar-refractivity contribution in [2.45, 2.75) is 0 Å². The minimum absolute atomic E-state index is 0.0151. The first-order chi connectivity index (χ1) is 9.66. The molecule has 0 amide bonds. The summed E-state index contributed by atoms with van der Waals surface area (Å²) in [4.78, 5) is 14.0. The fourth-order valence-electron chi connectivity index (χ4n) is 1.48. The number of hydrogen-bond acceptors (Lipinski definition) is 5. The van der Waals surface area contributed by atoms with Gasteiger partial charge in [-0.2, -0.15) is 0 Å². The molecule has 1 aromatic heterocycles. The van der Waals surface area contributed by atoms with E-state index in [1.807, 2.05) is 0 Å². The Morgan fingerprint density at radius 1 is 1.20 bits per heavy atom. The van der Waals surface area contributed by atoms with Crippen molar-refractivity contribution in [3.63, 3.8) is 0 Å². The lowest BCUT2D eigenvalue weighted by Gasteiger charge is -2.08. The van der Waals surface area contributed by atoms with Crippen LogP contribution in [0.3, 0.4) is 0 Å². The Morgan fingerprint density at radius 3 is 2.75 bits per heavy atom. The van der Waals surface area contributed by atoms with Crippen LogP contribution < -0.4 is 9.47 Å². The van der Waals surface area contributed by atoms with Crippen molar-refractivity contribution in [1.82, 2.24) is 4.98 Å². The molecule has 0 radical (unpaired) electrons. The molecule has 0 N–H and O–H groups in total. The van der Waals surface area contributed by atoms with Crippen LogP contribution in [0.15, 0.2) is 42.6 Å². The predicted molar refractivity (Wildman–Crippen MR) is 73.3 cm³/mol. The molecule has 0 aliphatic carbocycles. The summed E-state index contributed by atoms with van der Waals surface area (Å²) in [6.07, 6.45) is 1.56. The molecule has 0 unspecified atom stereocenters. The molecule has 7 heteroatoms. The largest absolute Gasteiger partial charge is 0.490 e. The minimum atomic E-state index is -0.473. The van der Waals surface area contributed by atoms with Crippen LogP contribution in [0, 0.1) is 10.1 Å². The molecular weight excluding hydrogens is 284 g/mol. The van der Waals surface area contributed by atoms with E-state index in [2.05, 4.69) is 4.98 Å². The van der Waals surface area contributed by atoms with Crippen molar-refractivity contribution in [2.75, 3.05) is 13.2 Å². The van der Waals surface area contributed by atoms with Crippen molar-refractivity contribution in [3.05, 3.63) is 57.9 Å². The van der Waals surface area contributed by atoms with Crippen molar-refractivity contribution in [1.29, 1.82) is 0 Å². The third-order valence-corrected chi connectivity index (χ3v) is 2.65. The van der Waals surface area contributed by atoms with Gasteiger partial charge in [0, 0.05) is 12.3 Å². The van der Waals surface area contributed by atoms with Crippen LogP contribution >= 0.6 is 11.6 Å². The number of hydrogen-bond donors (Lipinski definition) is 0. The number of benzene rings is 1. The highest BCUT2D eigenvalue weighted by Gasteiger charge is 2.06. The summed E-state index contributed by atoms with van der Waals surface area (Å²) in [5.41, 5.74) is -0.0151. The number of nitrogens with zero attached hydrogens (tertiary/aromatic N) is 2. The Labute approximate surface area is 120 Å². The van der Waals surface area contributed by atoms with E-state index in [4.69, 9.17) is 21.1 Å². The van der Waals surface area contributed by atoms with Crippen molar-refractivity contribution < 1.29 is 14.4 Å². The van der Waals surface area contributed by atoms with Gasteiger partial charge in [0.05, 0.1) is 11.0 Å². The quantitative estimate of drug-likeness (QED) is 0.354. The van der Waals surface area contributed by atoms with Crippen molar-refractivity contribution >= 4 is 17.3 Å². The van der Waals surface area contributed by atoms with E-state index in [0.29, 0.717) is 11.5 Å². The number of rotatable bonds is 6. The second kappa shape index (κ2) is 6.72. The molecule has 104 valence electrons. The maximum atomic E-state index is 10.6. The molecule has 0 bridgehead atoms. The van der Waals surface area contributed by atoms with Crippen LogP contribution in [-0.4, -0.2) is 23.1 Å². The molecule has 0 atom stereocenters. The molecule has 2 rings (SSSR count). The van der Waals surface area contributed by atoms with Gasteiger partial charge >= 0.3 is 0 Å². The van der Waals surface area contributed by atoms with E-state index in [1.165, 1.54) is 12.1 Å². The van der Waals surface area contributed by atoms with Gasteiger partial charge in [0.25, 0.3) is 5.69 Å². The molecular formula is C13H11ClN2O4. The smallest absolute Gasteiger partial charge is 0.273 e. The number of aromatic nitrogens is 1. The summed E-state index contributed by atoms with van der Waals surface area (Å²) in [5, 5.41) is 10.9. The van der Waals surface area contributed by atoms with Gasteiger partial charge in [-0.15, -0.1) is 0 Å². The third-order valence-electron chi connectivity index (χ3n) is 2.36. The molecule has 0 spiro atoms. The molecule has 0 saturated heterocycles. The Hall–Kier alpha value is -2.34. The lowest BCUT2D eigenvalue weighted by molar-refractivity contribution is -0.384. The lowest BCUT2D eigenvalue weighted by atomic mass is 10.3. The first kappa shape index (κ1) is 14.1. The van der Waals surface area contributed by atoms with E-state index in [0.717, 1.165) is 0 Å². The van der Waals surface area contributed by atoms with Crippen LogP contribution in [0.25, 0.3) is 0 Å². The van der Waals surface area contributed by atoms with Gasteiger partial charge in [-0.05, 0) is 18.2 Å². The maximum absolute atomic E-state index is 10.6. The maximum Gasteiger partial charge on any atom is 0.273 e. The van der Waals surface area contributed by atoms with Crippen molar-refractivity contribution in [2.24, 2.45) is 0 Å². The van der Waals surface area contributed by atoms with Crippen LogP contribution in [0.1, 0.15) is 0 Å². The number of non-ortho nitro benzene ring substituents is 1. The van der Waals surface area contributed by atoms with E-state index >= 15 is 0 Å². The highest BCUT2D eigenvalue weighted by Crippen LogP contribution is 2.21. The highest BCUT2D eigenvalue weighted by molar-refractivity contribution is 6.30.